The highest BCUT2D eigenvalue weighted by molar-refractivity contribution is 5.75. The van der Waals surface area contributed by atoms with Gasteiger partial charge in [0.25, 0.3) is 5.56 Å². The van der Waals surface area contributed by atoms with Gasteiger partial charge in [0.05, 0.1) is 13.2 Å². The van der Waals surface area contributed by atoms with Crippen LogP contribution in [-0.4, -0.2) is 36.2 Å². The van der Waals surface area contributed by atoms with E-state index < -0.39 is 11.2 Å². The second-order valence-electron chi connectivity index (χ2n) is 3.88. The Kier molecular flexibility index (Phi) is 5.97. The average molecular weight is 271 g/mol. The van der Waals surface area contributed by atoms with Gasteiger partial charge in [0.15, 0.2) is 0 Å². The molecule has 8 heteroatoms. The molecule has 1 amide bonds. The van der Waals surface area contributed by atoms with E-state index >= 15 is 0 Å². The van der Waals surface area contributed by atoms with Gasteiger partial charge in [-0.1, -0.05) is 0 Å². The maximum absolute atomic E-state index is 11.5. The number of methoxy groups -OCH3 is 1. The van der Waals surface area contributed by atoms with Crippen molar-refractivity contribution in [1.82, 2.24) is 15.4 Å². The molecule has 0 saturated heterocycles. The Balaban J connectivity index is 2.47. The minimum absolute atomic E-state index is 0.0863. The van der Waals surface area contributed by atoms with Gasteiger partial charge < -0.3 is 9.72 Å². The summed E-state index contributed by atoms with van der Waals surface area (Å²) in [4.78, 5) is 43.3. The molecule has 1 aromatic rings. The van der Waals surface area contributed by atoms with Crippen molar-refractivity contribution in [3.05, 3.63) is 32.1 Å². The number of rotatable bonds is 7. The van der Waals surface area contributed by atoms with Gasteiger partial charge in [-0.05, 0) is 13.3 Å². The Labute approximate surface area is 109 Å². The number of ether oxygens (including phenoxy) is 1. The highest BCUT2D eigenvalue weighted by Crippen LogP contribution is 1.99. The molecule has 106 valence electrons. The number of carbonyl (C=O) groups is 1. The topological polar surface area (TPSA) is 113 Å². The molecule has 0 unspecified atom stereocenters. The first-order valence-corrected chi connectivity index (χ1v) is 5.76. The zero-order valence-corrected chi connectivity index (χ0v) is 10.9. The maximum Gasteiger partial charge on any atom is 0.325 e. The molecule has 0 aliphatic rings. The molecule has 3 N–H and O–H groups in total. The molecule has 0 aliphatic heterocycles. The first kappa shape index (κ1) is 15.1. The van der Waals surface area contributed by atoms with Crippen molar-refractivity contribution >= 4 is 5.91 Å². The lowest BCUT2D eigenvalue weighted by atomic mass is 10.1. The van der Waals surface area contributed by atoms with Crippen LogP contribution in [0, 0.1) is 6.92 Å². The summed E-state index contributed by atoms with van der Waals surface area (Å²) >= 11 is 0. The SMILES string of the molecule is COCCONC(=O)CCc1c(C)[nH]c(=O)[nH]c1=O. The minimum atomic E-state index is -0.557. The molecule has 0 radical (unpaired) electrons. The van der Waals surface area contributed by atoms with E-state index in [9.17, 15) is 14.4 Å². The van der Waals surface area contributed by atoms with Crippen molar-refractivity contribution in [2.45, 2.75) is 19.8 Å². The van der Waals surface area contributed by atoms with Crippen molar-refractivity contribution in [3.63, 3.8) is 0 Å². The van der Waals surface area contributed by atoms with Crippen molar-refractivity contribution in [2.24, 2.45) is 0 Å². The number of aromatic nitrogens is 2. The van der Waals surface area contributed by atoms with E-state index in [0.29, 0.717) is 17.9 Å². The second-order valence-corrected chi connectivity index (χ2v) is 3.88. The number of nitrogens with one attached hydrogen (secondary N) is 3. The lowest BCUT2D eigenvalue weighted by Gasteiger charge is -2.06. The molecule has 0 fully saturated rings. The van der Waals surface area contributed by atoms with Crippen LogP contribution in [0.4, 0.5) is 0 Å². The standard InChI is InChI=1S/C11H17N3O5/c1-7-8(10(16)13-11(17)12-7)3-4-9(15)14-19-6-5-18-2/h3-6H2,1-2H3,(H,14,15)(H2,12,13,16,17). The van der Waals surface area contributed by atoms with Crippen LogP contribution < -0.4 is 16.7 Å². The molecule has 1 aromatic heterocycles. The summed E-state index contributed by atoms with van der Waals surface area (Å²) in [7, 11) is 1.52. The highest BCUT2D eigenvalue weighted by atomic mass is 16.7. The van der Waals surface area contributed by atoms with E-state index in [2.05, 4.69) is 15.4 Å². The Morgan fingerprint density at radius 1 is 1.26 bits per heavy atom. The molecule has 0 spiro atoms. The first-order valence-electron chi connectivity index (χ1n) is 5.76. The van der Waals surface area contributed by atoms with Crippen molar-refractivity contribution in [2.75, 3.05) is 20.3 Å². The molecule has 0 saturated carbocycles. The van der Waals surface area contributed by atoms with Gasteiger partial charge in [0.1, 0.15) is 0 Å². The van der Waals surface area contributed by atoms with Crippen LogP contribution in [0.3, 0.4) is 0 Å². The second kappa shape index (κ2) is 7.49. The summed E-state index contributed by atoms with van der Waals surface area (Å²) in [6.45, 7) is 2.23. The molecule has 8 nitrogen and oxygen atoms in total. The van der Waals surface area contributed by atoms with E-state index in [-0.39, 0.29) is 25.4 Å². The van der Waals surface area contributed by atoms with E-state index in [0.717, 1.165) is 0 Å². The van der Waals surface area contributed by atoms with Gasteiger partial charge in [-0.15, -0.1) is 0 Å². The Morgan fingerprint density at radius 2 is 2.00 bits per heavy atom. The minimum Gasteiger partial charge on any atom is -0.382 e. The zero-order valence-electron chi connectivity index (χ0n) is 10.9. The monoisotopic (exact) mass is 271 g/mol. The Hall–Kier alpha value is -1.93. The quantitative estimate of drug-likeness (QED) is 0.435. The summed E-state index contributed by atoms with van der Waals surface area (Å²) in [5.74, 6) is -0.346. The third kappa shape index (κ3) is 5.06. The number of hydrogen-bond acceptors (Lipinski definition) is 5. The number of hydrogen-bond donors (Lipinski definition) is 3. The van der Waals surface area contributed by atoms with Crippen molar-refractivity contribution < 1.29 is 14.4 Å². The van der Waals surface area contributed by atoms with Crippen LogP contribution >= 0.6 is 0 Å². The van der Waals surface area contributed by atoms with Crippen LogP contribution in [0.1, 0.15) is 17.7 Å². The summed E-state index contributed by atoms with van der Waals surface area (Å²) in [5, 5.41) is 0. The summed E-state index contributed by atoms with van der Waals surface area (Å²) in [5.41, 5.74) is 2.04. The molecule has 19 heavy (non-hydrogen) atoms. The lowest BCUT2D eigenvalue weighted by Crippen LogP contribution is -2.29. The number of carbonyl (C=O) groups excluding carboxylic acids is 1. The highest BCUT2D eigenvalue weighted by Gasteiger charge is 2.08. The maximum atomic E-state index is 11.5. The lowest BCUT2D eigenvalue weighted by molar-refractivity contribution is -0.134. The molecule has 1 rings (SSSR count). The zero-order chi connectivity index (χ0) is 14.3. The summed E-state index contributed by atoms with van der Waals surface area (Å²) in [6.07, 6.45) is 0.306. The third-order valence-electron chi connectivity index (χ3n) is 2.43. The van der Waals surface area contributed by atoms with Crippen molar-refractivity contribution in [1.29, 1.82) is 0 Å². The van der Waals surface area contributed by atoms with Gasteiger partial charge in [-0.3, -0.25) is 19.4 Å². The summed E-state index contributed by atoms with van der Waals surface area (Å²) < 4.78 is 4.74. The van der Waals surface area contributed by atoms with Crippen LogP contribution in [0.5, 0.6) is 0 Å². The number of hydroxylamine groups is 1. The van der Waals surface area contributed by atoms with Gasteiger partial charge in [0.2, 0.25) is 5.91 Å². The number of H-pyrrole nitrogens is 2. The number of aromatic amines is 2. The van der Waals surface area contributed by atoms with Gasteiger partial charge >= 0.3 is 5.69 Å². The van der Waals surface area contributed by atoms with Gasteiger partial charge in [-0.25, -0.2) is 10.3 Å². The first-order chi connectivity index (χ1) is 9.04. The smallest absolute Gasteiger partial charge is 0.325 e. The van der Waals surface area contributed by atoms with E-state index in [4.69, 9.17) is 9.57 Å². The van der Waals surface area contributed by atoms with Crippen LogP contribution in [-0.2, 0) is 20.8 Å². The van der Waals surface area contributed by atoms with Crippen molar-refractivity contribution in [3.8, 4) is 0 Å². The molecule has 1 heterocycles. The summed E-state index contributed by atoms with van der Waals surface area (Å²) in [6, 6.07) is 0. The predicted octanol–water partition coefficient (Wildman–Crippen LogP) is -1.00. The van der Waals surface area contributed by atoms with E-state index in [1.165, 1.54) is 7.11 Å². The molecule has 0 bridgehead atoms. The average Bonchev–Trinajstić information content (AvgIpc) is 2.33. The molecule has 0 aliphatic carbocycles. The van der Waals surface area contributed by atoms with E-state index in [1.54, 1.807) is 6.92 Å². The van der Waals surface area contributed by atoms with Gasteiger partial charge in [0, 0.05) is 24.8 Å². The fraction of sp³-hybridized carbons (Fsp3) is 0.545. The van der Waals surface area contributed by atoms with Crippen LogP contribution in [0.2, 0.25) is 0 Å². The fourth-order valence-electron chi connectivity index (χ4n) is 1.47. The van der Waals surface area contributed by atoms with Crippen LogP contribution in [0.15, 0.2) is 9.59 Å². The number of amides is 1. The molecular weight excluding hydrogens is 254 g/mol. The Bertz CT molecular complexity index is 534. The predicted molar refractivity (Wildman–Crippen MR) is 66.7 cm³/mol. The number of aryl methyl sites for hydroxylation is 1. The van der Waals surface area contributed by atoms with Gasteiger partial charge in [-0.2, -0.15) is 0 Å². The Morgan fingerprint density at radius 3 is 2.63 bits per heavy atom. The fourth-order valence-corrected chi connectivity index (χ4v) is 1.47. The van der Waals surface area contributed by atoms with Crippen LogP contribution in [0.25, 0.3) is 0 Å². The third-order valence-corrected chi connectivity index (χ3v) is 2.43. The molecule has 0 atom stereocenters. The molecule has 0 aromatic carbocycles. The van der Waals surface area contributed by atoms with E-state index in [1.807, 2.05) is 0 Å². The largest absolute Gasteiger partial charge is 0.382 e. The molecular formula is C11H17N3O5. The normalized spacial score (nSPS) is 10.4.